The molecule has 0 radical (unpaired) electrons. The molecule has 0 spiro atoms. The lowest BCUT2D eigenvalue weighted by Gasteiger charge is -2.20. The van der Waals surface area contributed by atoms with Crippen molar-refractivity contribution >= 4 is 39.9 Å². The van der Waals surface area contributed by atoms with Crippen molar-refractivity contribution in [1.29, 1.82) is 0 Å². The summed E-state index contributed by atoms with van der Waals surface area (Å²) < 4.78 is 0.843. The van der Waals surface area contributed by atoms with E-state index in [-0.39, 0.29) is 11.2 Å². The fourth-order valence-electron chi connectivity index (χ4n) is 2.37. The molecule has 0 unspecified atom stereocenters. The Morgan fingerprint density at radius 2 is 1.77 bits per heavy atom. The predicted octanol–water partition coefficient (Wildman–Crippen LogP) is 4.25. The number of thioether (sulfide) groups is 1. The van der Waals surface area contributed by atoms with E-state index in [0.29, 0.717) is 5.92 Å². The van der Waals surface area contributed by atoms with E-state index in [1.807, 2.05) is 19.1 Å². The van der Waals surface area contributed by atoms with Crippen LogP contribution in [0.3, 0.4) is 0 Å². The van der Waals surface area contributed by atoms with E-state index in [2.05, 4.69) is 36.2 Å². The molecule has 1 atom stereocenters. The number of hydrogen-bond donors (Lipinski definition) is 1. The van der Waals surface area contributed by atoms with Crippen molar-refractivity contribution in [3.63, 3.8) is 0 Å². The van der Waals surface area contributed by atoms with Gasteiger partial charge in [-0.3, -0.25) is 4.79 Å². The largest absolute Gasteiger partial charge is 0.358 e. The third-order valence-corrected chi connectivity index (χ3v) is 5.43. The normalized spacial score (nSPS) is 15.9. The van der Waals surface area contributed by atoms with Crippen molar-refractivity contribution in [2.75, 3.05) is 18.4 Å². The van der Waals surface area contributed by atoms with Crippen LogP contribution in [-0.2, 0) is 4.79 Å². The van der Waals surface area contributed by atoms with Crippen LogP contribution in [0.5, 0.6) is 0 Å². The van der Waals surface area contributed by atoms with Gasteiger partial charge in [0.2, 0.25) is 5.91 Å². The number of carbonyl (C=O) groups excluding carboxylic acids is 1. The first kappa shape index (κ1) is 17.3. The minimum atomic E-state index is -0.183. The molecule has 120 valence electrons. The summed E-state index contributed by atoms with van der Waals surface area (Å²) in [6.45, 7) is 8.27. The molecule has 0 aromatic heterocycles. The predicted molar refractivity (Wildman–Crippen MR) is 99.6 cm³/mol. The summed E-state index contributed by atoms with van der Waals surface area (Å²) in [6.07, 6.45) is 2.40. The topological polar surface area (TPSA) is 32.3 Å². The number of amides is 1. The molecule has 1 aliphatic rings. The van der Waals surface area contributed by atoms with E-state index in [1.165, 1.54) is 30.2 Å². The average molecular weight is 337 g/mol. The van der Waals surface area contributed by atoms with Gasteiger partial charge < -0.3 is 10.2 Å². The highest BCUT2D eigenvalue weighted by Crippen LogP contribution is 2.22. The molecular formula is C17H24N2OS2. The standard InChI is InChI=1S/C17H24N2OS2/c1-12(2)14-6-8-15(9-7-14)18-16(20)13(3)22-17(21)19-10-4-5-11-19/h6-9,12-13H,4-5,10-11H2,1-3H3,(H,18,20)/t13-/m0/s1. The molecule has 0 bridgehead atoms. The molecule has 0 aliphatic carbocycles. The highest BCUT2D eigenvalue weighted by Gasteiger charge is 2.21. The van der Waals surface area contributed by atoms with Crippen molar-refractivity contribution in [3.05, 3.63) is 29.8 Å². The van der Waals surface area contributed by atoms with Gasteiger partial charge in [0.15, 0.2) is 0 Å². The Bertz CT molecular complexity index is 522. The van der Waals surface area contributed by atoms with Crippen LogP contribution >= 0.6 is 24.0 Å². The average Bonchev–Trinajstić information content (AvgIpc) is 3.02. The summed E-state index contributed by atoms with van der Waals surface area (Å²) in [5.41, 5.74) is 2.12. The van der Waals surface area contributed by atoms with Crippen molar-refractivity contribution in [3.8, 4) is 0 Å². The van der Waals surface area contributed by atoms with E-state index in [0.717, 1.165) is 23.1 Å². The molecule has 5 heteroatoms. The van der Waals surface area contributed by atoms with E-state index in [4.69, 9.17) is 12.2 Å². The Morgan fingerprint density at radius 3 is 2.32 bits per heavy atom. The van der Waals surface area contributed by atoms with E-state index >= 15 is 0 Å². The van der Waals surface area contributed by atoms with Crippen LogP contribution in [0, 0.1) is 0 Å². The van der Waals surface area contributed by atoms with Crippen LogP contribution < -0.4 is 5.32 Å². The molecule has 22 heavy (non-hydrogen) atoms. The number of carbonyl (C=O) groups is 1. The lowest BCUT2D eigenvalue weighted by molar-refractivity contribution is -0.115. The number of anilines is 1. The SMILES string of the molecule is CC(C)c1ccc(NC(=O)[C@H](C)SC(=S)N2CCCC2)cc1. The van der Waals surface area contributed by atoms with Crippen LogP contribution in [0.25, 0.3) is 0 Å². The van der Waals surface area contributed by atoms with Gasteiger partial charge >= 0.3 is 0 Å². The first-order valence-corrected chi connectivity index (χ1v) is 9.12. The molecule has 2 rings (SSSR count). The highest BCUT2D eigenvalue weighted by molar-refractivity contribution is 8.23. The van der Waals surface area contributed by atoms with Crippen LogP contribution in [0.15, 0.2) is 24.3 Å². The maximum atomic E-state index is 12.3. The molecular weight excluding hydrogens is 312 g/mol. The Morgan fingerprint density at radius 1 is 1.18 bits per heavy atom. The Hall–Kier alpha value is -1.07. The minimum absolute atomic E-state index is 0.00356. The van der Waals surface area contributed by atoms with Gasteiger partial charge in [-0.1, -0.05) is 50.0 Å². The highest BCUT2D eigenvalue weighted by atomic mass is 32.2. The number of nitrogens with one attached hydrogen (secondary N) is 1. The summed E-state index contributed by atoms with van der Waals surface area (Å²) in [5, 5.41) is 2.78. The number of hydrogen-bond acceptors (Lipinski definition) is 3. The molecule has 3 nitrogen and oxygen atoms in total. The van der Waals surface area contributed by atoms with E-state index < -0.39 is 0 Å². The minimum Gasteiger partial charge on any atom is -0.358 e. The number of likely N-dealkylation sites (tertiary alicyclic amines) is 1. The molecule has 1 N–H and O–H groups in total. The Balaban J connectivity index is 1.86. The Kier molecular flexibility index (Phi) is 6.26. The van der Waals surface area contributed by atoms with Gasteiger partial charge in [0.1, 0.15) is 4.32 Å². The molecule has 1 heterocycles. The van der Waals surface area contributed by atoms with Crippen LogP contribution in [-0.4, -0.2) is 33.5 Å². The second-order valence-electron chi connectivity index (χ2n) is 5.99. The zero-order valence-corrected chi connectivity index (χ0v) is 15.1. The molecule has 1 saturated heterocycles. The molecule has 1 fully saturated rings. The first-order chi connectivity index (χ1) is 10.5. The van der Waals surface area contributed by atoms with Crippen LogP contribution in [0.4, 0.5) is 5.69 Å². The molecule has 0 saturated carbocycles. The number of nitrogens with zero attached hydrogens (tertiary/aromatic N) is 1. The monoisotopic (exact) mass is 336 g/mol. The summed E-state index contributed by atoms with van der Waals surface area (Å²) in [5.74, 6) is 0.501. The van der Waals surface area contributed by atoms with Gasteiger partial charge in [-0.25, -0.2) is 0 Å². The smallest absolute Gasteiger partial charge is 0.237 e. The fourth-order valence-corrected chi connectivity index (χ4v) is 3.79. The van der Waals surface area contributed by atoms with Crippen LogP contribution in [0.2, 0.25) is 0 Å². The van der Waals surface area contributed by atoms with Gasteiger partial charge in [-0.15, -0.1) is 0 Å². The zero-order valence-electron chi connectivity index (χ0n) is 13.5. The summed E-state index contributed by atoms with van der Waals surface area (Å²) in [6, 6.07) is 8.05. The van der Waals surface area contributed by atoms with Crippen LogP contribution in [0.1, 0.15) is 45.1 Å². The first-order valence-electron chi connectivity index (χ1n) is 7.83. The third kappa shape index (κ3) is 4.71. The van der Waals surface area contributed by atoms with Gasteiger partial charge in [-0.05, 0) is 43.4 Å². The number of rotatable bonds is 4. The molecule has 1 aliphatic heterocycles. The fraction of sp³-hybridized carbons (Fsp3) is 0.529. The van der Waals surface area contributed by atoms with Crippen molar-refractivity contribution in [1.82, 2.24) is 4.90 Å². The summed E-state index contributed by atoms with van der Waals surface area (Å²) >= 11 is 6.91. The van der Waals surface area contributed by atoms with Crippen molar-refractivity contribution in [2.45, 2.75) is 44.8 Å². The van der Waals surface area contributed by atoms with Gasteiger partial charge in [0.05, 0.1) is 5.25 Å². The van der Waals surface area contributed by atoms with Crippen molar-refractivity contribution in [2.24, 2.45) is 0 Å². The zero-order chi connectivity index (χ0) is 16.1. The molecule has 1 aromatic rings. The maximum Gasteiger partial charge on any atom is 0.237 e. The second kappa shape index (κ2) is 7.97. The maximum absolute atomic E-state index is 12.3. The van der Waals surface area contributed by atoms with Gasteiger partial charge in [-0.2, -0.15) is 0 Å². The lowest BCUT2D eigenvalue weighted by atomic mass is 10.0. The summed E-state index contributed by atoms with van der Waals surface area (Å²) in [7, 11) is 0. The second-order valence-corrected chi connectivity index (χ2v) is 7.96. The lowest BCUT2D eigenvalue weighted by Crippen LogP contribution is -2.29. The quantitative estimate of drug-likeness (QED) is 0.833. The van der Waals surface area contributed by atoms with E-state index in [1.54, 1.807) is 0 Å². The van der Waals surface area contributed by atoms with Crippen molar-refractivity contribution < 1.29 is 4.79 Å². The summed E-state index contributed by atoms with van der Waals surface area (Å²) in [4.78, 5) is 14.5. The van der Waals surface area contributed by atoms with Gasteiger partial charge in [0.25, 0.3) is 0 Å². The third-order valence-electron chi connectivity index (χ3n) is 3.86. The number of benzene rings is 1. The Labute approximate surface area is 142 Å². The number of thiocarbonyl (C=S) groups is 1. The molecule has 1 amide bonds. The van der Waals surface area contributed by atoms with Gasteiger partial charge in [0, 0.05) is 18.8 Å². The van der Waals surface area contributed by atoms with E-state index in [9.17, 15) is 4.79 Å². The molecule has 1 aromatic carbocycles.